The first kappa shape index (κ1) is 12.9. The molecule has 89 valence electrons. The monoisotopic (exact) mass is 212 g/mol. The number of hydrogen-bond donors (Lipinski definition) is 0. The maximum absolute atomic E-state index is 4.37. The van der Waals surface area contributed by atoms with Gasteiger partial charge < -0.3 is 4.90 Å². The Hall–Kier alpha value is -0.120. The first-order valence-corrected chi connectivity index (χ1v) is 6.44. The minimum atomic E-state index is 1.04. The maximum Gasteiger partial charge on any atom is 0.0261 e. The van der Waals surface area contributed by atoms with Crippen LogP contribution >= 0.6 is 0 Å². The average molecular weight is 212 g/mol. The number of nitrogens with zero attached hydrogens (tertiary/aromatic N) is 3. The fourth-order valence-corrected chi connectivity index (χ4v) is 2.12. The molecule has 0 bridgehead atoms. The predicted octanol–water partition coefficient (Wildman–Crippen LogP) is 1.03. The highest BCUT2D eigenvalue weighted by Gasteiger charge is 2.11. The second kappa shape index (κ2) is 8.08. The van der Waals surface area contributed by atoms with E-state index in [9.17, 15) is 0 Å². The molecule has 0 aromatic heterocycles. The summed E-state index contributed by atoms with van der Waals surface area (Å²) in [6.45, 7) is 13.9. The first-order valence-electron chi connectivity index (χ1n) is 6.44. The number of hydrogen-bond acceptors (Lipinski definition) is 2. The van der Waals surface area contributed by atoms with E-state index < -0.39 is 0 Å². The van der Waals surface area contributed by atoms with Gasteiger partial charge in [0.05, 0.1) is 0 Å². The van der Waals surface area contributed by atoms with Gasteiger partial charge in [-0.15, -0.1) is 0 Å². The fourth-order valence-electron chi connectivity index (χ4n) is 2.12. The van der Waals surface area contributed by atoms with E-state index in [0.29, 0.717) is 0 Å². The zero-order valence-corrected chi connectivity index (χ0v) is 10.4. The highest BCUT2D eigenvalue weighted by atomic mass is 15.2. The summed E-state index contributed by atoms with van der Waals surface area (Å²) in [5.74, 6) is 0. The quantitative estimate of drug-likeness (QED) is 0.628. The lowest BCUT2D eigenvalue weighted by molar-refractivity contribution is 0.187. The molecule has 0 spiro atoms. The van der Waals surface area contributed by atoms with E-state index in [1.807, 2.05) is 0 Å². The molecule has 0 amide bonds. The Bertz CT molecular complexity index is 138. The molecule has 0 aromatic rings. The van der Waals surface area contributed by atoms with E-state index in [2.05, 4.69) is 29.0 Å². The van der Waals surface area contributed by atoms with E-state index in [1.54, 1.807) is 0 Å². The fraction of sp³-hybridized carbons (Fsp3) is 1.00. The Kier molecular flexibility index (Phi) is 6.98. The lowest BCUT2D eigenvalue weighted by Gasteiger charge is -2.29. The Balaban J connectivity index is 2.13. The smallest absolute Gasteiger partial charge is 0.0261 e. The molecule has 0 saturated carbocycles. The van der Waals surface area contributed by atoms with E-state index >= 15 is 0 Å². The normalized spacial score (nSPS) is 18.6. The Morgan fingerprint density at radius 3 is 2.13 bits per heavy atom. The van der Waals surface area contributed by atoms with Crippen LogP contribution in [0.5, 0.6) is 0 Å². The third-order valence-electron chi connectivity index (χ3n) is 2.96. The molecule has 3 heteroatoms. The van der Waals surface area contributed by atoms with Crippen LogP contribution in [0.25, 0.3) is 0 Å². The summed E-state index contributed by atoms with van der Waals surface area (Å²) in [5.41, 5.74) is 0. The van der Waals surface area contributed by atoms with Gasteiger partial charge in [-0.1, -0.05) is 13.8 Å². The molecule has 1 radical (unpaired) electrons. The molecule has 15 heavy (non-hydrogen) atoms. The van der Waals surface area contributed by atoms with Gasteiger partial charge in [-0.05, 0) is 25.9 Å². The van der Waals surface area contributed by atoms with Crippen molar-refractivity contribution in [2.75, 3.05) is 52.4 Å². The van der Waals surface area contributed by atoms with Crippen molar-refractivity contribution in [3.05, 3.63) is 0 Å². The standard InChI is InChI=1S/C12H26N3/c1-3-7-14(8-4-2)11-12-15-9-5-13-6-10-15/h3-12H2,1-2H3. The SMILES string of the molecule is CCCN(CCC)CCN1CC[N]CC1. The van der Waals surface area contributed by atoms with Gasteiger partial charge in [0.1, 0.15) is 0 Å². The van der Waals surface area contributed by atoms with Crippen molar-refractivity contribution >= 4 is 0 Å². The molecule has 1 fully saturated rings. The van der Waals surface area contributed by atoms with Crippen molar-refractivity contribution < 1.29 is 0 Å². The highest BCUT2D eigenvalue weighted by molar-refractivity contribution is 4.69. The topological polar surface area (TPSA) is 20.6 Å². The van der Waals surface area contributed by atoms with Gasteiger partial charge >= 0.3 is 0 Å². The van der Waals surface area contributed by atoms with Crippen molar-refractivity contribution in [1.82, 2.24) is 15.1 Å². The van der Waals surface area contributed by atoms with Crippen LogP contribution in [-0.2, 0) is 0 Å². The van der Waals surface area contributed by atoms with Crippen molar-refractivity contribution in [2.45, 2.75) is 26.7 Å². The summed E-state index contributed by atoms with van der Waals surface area (Å²) in [5, 5.41) is 4.37. The van der Waals surface area contributed by atoms with E-state index in [-0.39, 0.29) is 0 Å². The molecular formula is C12H26N3. The van der Waals surface area contributed by atoms with Gasteiger partial charge in [0.25, 0.3) is 0 Å². The van der Waals surface area contributed by atoms with Crippen LogP contribution in [-0.4, -0.2) is 62.2 Å². The number of rotatable bonds is 7. The maximum atomic E-state index is 4.37. The molecule has 0 atom stereocenters. The molecule has 0 aromatic carbocycles. The van der Waals surface area contributed by atoms with Crippen molar-refractivity contribution in [3.8, 4) is 0 Å². The summed E-state index contributed by atoms with van der Waals surface area (Å²) < 4.78 is 0. The van der Waals surface area contributed by atoms with Gasteiger partial charge in [-0.25, -0.2) is 5.32 Å². The van der Waals surface area contributed by atoms with Crippen molar-refractivity contribution in [2.24, 2.45) is 0 Å². The third kappa shape index (κ3) is 5.50. The molecule has 1 saturated heterocycles. The summed E-state index contributed by atoms with van der Waals surface area (Å²) in [7, 11) is 0. The molecule has 1 aliphatic rings. The van der Waals surface area contributed by atoms with Crippen LogP contribution in [0.3, 0.4) is 0 Å². The zero-order chi connectivity index (χ0) is 10.9. The number of piperazine rings is 1. The summed E-state index contributed by atoms with van der Waals surface area (Å²) in [6.07, 6.45) is 2.55. The molecule has 3 nitrogen and oxygen atoms in total. The molecule has 1 heterocycles. The second-order valence-corrected chi connectivity index (χ2v) is 4.35. The molecule has 0 aliphatic carbocycles. The van der Waals surface area contributed by atoms with Crippen LogP contribution in [0.2, 0.25) is 0 Å². The summed E-state index contributed by atoms with van der Waals surface area (Å²) in [6, 6.07) is 0. The Labute approximate surface area is 94.8 Å². The lowest BCUT2D eigenvalue weighted by atomic mass is 10.3. The zero-order valence-electron chi connectivity index (χ0n) is 10.4. The van der Waals surface area contributed by atoms with Crippen LogP contribution in [0.4, 0.5) is 0 Å². The van der Waals surface area contributed by atoms with E-state index in [0.717, 1.165) is 13.1 Å². The molecule has 1 rings (SSSR count). The van der Waals surface area contributed by atoms with E-state index in [4.69, 9.17) is 0 Å². The van der Waals surface area contributed by atoms with Gasteiger partial charge in [0.15, 0.2) is 0 Å². The van der Waals surface area contributed by atoms with Gasteiger partial charge in [0.2, 0.25) is 0 Å². The van der Waals surface area contributed by atoms with Crippen molar-refractivity contribution in [1.29, 1.82) is 0 Å². The van der Waals surface area contributed by atoms with Crippen LogP contribution in [0.15, 0.2) is 0 Å². The summed E-state index contributed by atoms with van der Waals surface area (Å²) in [4.78, 5) is 5.14. The Morgan fingerprint density at radius 1 is 1.00 bits per heavy atom. The molecule has 1 aliphatic heterocycles. The predicted molar refractivity (Wildman–Crippen MR) is 65.3 cm³/mol. The summed E-state index contributed by atoms with van der Waals surface area (Å²) >= 11 is 0. The average Bonchev–Trinajstić information content (AvgIpc) is 2.28. The van der Waals surface area contributed by atoms with Crippen LogP contribution in [0, 0.1) is 0 Å². The Morgan fingerprint density at radius 2 is 1.60 bits per heavy atom. The molecular weight excluding hydrogens is 186 g/mol. The minimum absolute atomic E-state index is 1.04. The van der Waals surface area contributed by atoms with E-state index in [1.165, 1.54) is 52.1 Å². The van der Waals surface area contributed by atoms with Gasteiger partial charge in [-0.3, -0.25) is 4.90 Å². The second-order valence-electron chi connectivity index (χ2n) is 4.35. The molecule has 0 unspecified atom stereocenters. The minimum Gasteiger partial charge on any atom is -0.302 e. The van der Waals surface area contributed by atoms with Crippen LogP contribution in [0.1, 0.15) is 26.7 Å². The van der Waals surface area contributed by atoms with Gasteiger partial charge in [0, 0.05) is 39.3 Å². The van der Waals surface area contributed by atoms with Gasteiger partial charge in [-0.2, -0.15) is 0 Å². The lowest BCUT2D eigenvalue weighted by Crippen LogP contribution is -2.44. The first-order chi connectivity index (χ1) is 7.36. The third-order valence-corrected chi connectivity index (χ3v) is 2.96. The highest BCUT2D eigenvalue weighted by Crippen LogP contribution is 1.97. The van der Waals surface area contributed by atoms with Crippen LogP contribution < -0.4 is 5.32 Å². The molecule has 0 N–H and O–H groups in total. The largest absolute Gasteiger partial charge is 0.302 e. The van der Waals surface area contributed by atoms with Crippen molar-refractivity contribution in [3.63, 3.8) is 0 Å².